The molecule has 0 saturated heterocycles. The van der Waals surface area contributed by atoms with Gasteiger partial charge in [-0.3, -0.25) is 4.79 Å². The van der Waals surface area contributed by atoms with E-state index in [0.29, 0.717) is 0 Å². The molecule has 5 nitrogen and oxygen atoms in total. The predicted molar refractivity (Wildman–Crippen MR) is 91.8 cm³/mol. The number of nitrogens with one attached hydrogen (secondary N) is 1. The summed E-state index contributed by atoms with van der Waals surface area (Å²) in [5, 5.41) is 4.06. The number of carbonyl (C=O) groups excluding carboxylic acids is 1. The average molecular weight is 328 g/mol. The highest BCUT2D eigenvalue weighted by molar-refractivity contribution is 7.11. The third kappa shape index (κ3) is 3.27. The van der Waals surface area contributed by atoms with Gasteiger partial charge in [0.05, 0.1) is 28.9 Å². The summed E-state index contributed by atoms with van der Waals surface area (Å²) in [6, 6.07) is 3.96. The standard InChI is InChI=1S/C17H20N4OS/c1-10-6-5-7-21-9-14(20-17(10)21)8-15(22)19-12(3)16-11(2)18-13(4)23-16/h5-7,9,12H,8H2,1-4H3,(H,19,22)/t12-/m1/s1. The highest BCUT2D eigenvalue weighted by Gasteiger charge is 2.16. The lowest BCUT2D eigenvalue weighted by Gasteiger charge is -2.12. The maximum absolute atomic E-state index is 12.3. The number of amides is 1. The summed E-state index contributed by atoms with van der Waals surface area (Å²) in [7, 11) is 0. The molecule has 3 heterocycles. The summed E-state index contributed by atoms with van der Waals surface area (Å²) >= 11 is 1.63. The molecular formula is C17H20N4OS. The molecule has 1 N–H and O–H groups in total. The summed E-state index contributed by atoms with van der Waals surface area (Å²) < 4.78 is 1.96. The van der Waals surface area contributed by atoms with E-state index in [0.717, 1.165) is 32.5 Å². The minimum absolute atomic E-state index is 0.0241. The Kier molecular flexibility index (Phi) is 4.17. The van der Waals surface area contributed by atoms with E-state index in [4.69, 9.17) is 0 Å². The first kappa shape index (κ1) is 15.7. The molecule has 0 aliphatic heterocycles. The number of nitrogens with zero attached hydrogens (tertiary/aromatic N) is 3. The number of aryl methyl sites for hydroxylation is 3. The monoisotopic (exact) mass is 328 g/mol. The third-order valence-electron chi connectivity index (χ3n) is 3.78. The Bertz CT molecular complexity index is 865. The number of hydrogen-bond acceptors (Lipinski definition) is 4. The lowest BCUT2D eigenvalue weighted by atomic mass is 10.2. The largest absolute Gasteiger partial charge is 0.348 e. The quantitative estimate of drug-likeness (QED) is 0.800. The van der Waals surface area contributed by atoms with Crippen molar-refractivity contribution in [3.63, 3.8) is 0 Å². The summed E-state index contributed by atoms with van der Waals surface area (Å²) in [5.74, 6) is -0.0241. The van der Waals surface area contributed by atoms with Crippen LogP contribution in [0.3, 0.4) is 0 Å². The summed E-state index contributed by atoms with van der Waals surface area (Å²) in [6.45, 7) is 7.97. The summed E-state index contributed by atoms with van der Waals surface area (Å²) in [5.41, 5.74) is 3.77. The van der Waals surface area contributed by atoms with Gasteiger partial charge in [0.15, 0.2) is 0 Å². The molecule has 0 spiro atoms. The zero-order valence-corrected chi connectivity index (χ0v) is 14.6. The lowest BCUT2D eigenvalue weighted by molar-refractivity contribution is -0.121. The van der Waals surface area contributed by atoms with E-state index in [1.807, 2.05) is 56.6 Å². The molecular weight excluding hydrogens is 308 g/mol. The normalized spacial score (nSPS) is 12.5. The van der Waals surface area contributed by atoms with Gasteiger partial charge in [0, 0.05) is 17.3 Å². The molecule has 0 saturated carbocycles. The van der Waals surface area contributed by atoms with Gasteiger partial charge in [-0.05, 0) is 39.3 Å². The predicted octanol–water partition coefficient (Wildman–Crippen LogP) is 3.14. The van der Waals surface area contributed by atoms with Crippen LogP contribution in [0.1, 0.15) is 39.8 Å². The molecule has 120 valence electrons. The maximum atomic E-state index is 12.3. The molecule has 0 radical (unpaired) electrons. The lowest BCUT2D eigenvalue weighted by Crippen LogP contribution is -2.28. The Balaban J connectivity index is 1.71. The average Bonchev–Trinajstić information content (AvgIpc) is 3.02. The number of carbonyl (C=O) groups is 1. The van der Waals surface area contributed by atoms with Crippen molar-refractivity contribution in [1.82, 2.24) is 19.7 Å². The highest BCUT2D eigenvalue weighted by atomic mass is 32.1. The van der Waals surface area contributed by atoms with Gasteiger partial charge in [0.2, 0.25) is 5.91 Å². The van der Waals surface area contributed by atoms with E-state index in [1.165, 1.54) is 0 Å². The highest BCUT2D eigenvalue weighted by Crippen LogP contribution is 2.24. The molecule has 0 aromatic carbocycles. The van der Waals surface area contributed by atoms with Crippen molar-refractivity contribution in [1.29, 1.82) is 0 Å². The van der Waals surface area contributed by atoms with Crippen LogP contribution in [0.5, 0.6) is 0 Å². The van der Waals surface area contributed by atoms with Crippen LogP contribution in [0.2, 0.25) is 0 Å². The van der Waals surface area contributed by atoms with Gasteiger partial charge in [-0.1, -0.05) is 6.07 Å². The minimum Gasteiger partial charge on any atom is -0.348 e. The second-order valence-corrected chi connectivity index (χ2v) is 7.04. The molecule has 0 aliphatic rings. The van der Waals surface area contributed by atoms with E-state index >= 15 is 0 Å². The van der Waals surface area contributed by atoms with Crippen molar-refractivity contribution in [2.24, 2.45) is 0 Å². The summed E-state index contributed by atoms with van der Waals surface area (Å²) in [4.78, 5) is 22.4. The number of aromatic nitrogens is 3. The van der Waals surface area contributed by atoms with E-state index < -0.39 is 0 Å². The van der Waals surface area contributed by atoms with Crippen molar-refractivity contribution >= 4 is 22.9 Å². The Morgan fingerprint density at radius 2 is 2.13 bits per heavy atom. The zero-order valence-electron chi connectivity index (χ0n) is 13.8. The van der Waals surface area contributed by atoms with Gasteiger partial charge in [0.25, 0.3) is 0 Å². The van der Waals surface area contributed by atoms with Crippen LogP contribution in [0, 0.1) is 20.8 Å². The first-order valence-corrected chi connectivity index (χ1v) is 8.42. The number of hydrogen-bond donors (Lipinski definition) is 1. The van der Waals surface area contributed by atoms with Crippen LogP contribution in [0.25, 0.3) is 5.65 Å². The van der Waals surface area contributed by atoms with Gasteiger partial charge >= 0.3 is 0 Å². The fourth-order valence-electron chi connectivity index (χ4n) is 2.76. The van der Waals surface area contributed by atoms with Crippen LogP contribution in [-0.2, 0) is 11.2 Å². The molecule has 0 aliphatic carbocycles. The Morgan fingerprint density at radius 3 is 2.78 bits per heavy atom. The molecule has 0 bridgehead atoms. The SMILES string of the molecule is Cc1nc(C)c([C@@H](C)NC(=O)Cc2cn3cccc(C)c3n2)s1. The maximum Gasteiger partial charge on any atom is 0.226 e. The number of thiazole rings is 1. The van der Waals surface area contributed by atoms with Gasteiger partial charge in [-0.15, -0.1) is 11.3 Å². The van der Waals surface area contributed by atoms with Gasteiger partial charge in [-0.2, -0.15) is 0 Å². The fraction of sp³-hybridized carbons (Fsp3) is 0.353. The molecule has 6 heteroatoms. The van der Waals surface area contributed by atoms with Crippen molar-refractivity contribution in [3.05, 3.63) is 51.4 Å². The topological polar surface area (TPSA) is 59.3 Å². The minimum atomic E-state index is -0.0348. The molecule has 23 heavy (non-hydrogen) atoms. The third-order valence-corrected chi connectivity index (χ3v) is 5.04. The summed E-state index contributed by atoms with van der Waals surface area (Å²) in [6.07, 6.45) is 4.14. The van der Waals surface area contributed by atoms with Crippen LogP contribution in [-0.4, -0.2) is 20.3 Å². The Labute approximate surface area is 139 Å². The van der Waals surface area contributed by atoms with Crippen molar-refractivity contribution in [3.8, 4) is 0 Å². The molecule has 0 unspecified atom stereocenters. The van der Waals surface area contributed by atoms with Gasteiger partial charge in [-0.25, -0.2) is 9.97 Å². The van der Waals surface area contributed by atoms with Gasteiger partial charge in [0.1, 0.15) is 5.65 Å². The Hall–Kier alpha value is -2.21. The smallest absolute Gasteiger partial charge is 0.226 e. The van der Waals surface area contributed by atoms with Crippen LogP contribution in [0.15, 0.2) is 24.5 Å². The van der Waals surface area contributed by atoms with Crippen LogP contribution >= 0.6 is 11.3 Å². The van der Waals surface area contributed by atoms with Crippen LogP contribution < -0.4 is 5.32 Å². The number of imidazole rings is 1. The first-order chi connectivity index (χ1) is 10.9. The zero-order chi connectivity index (χ0) is 16.6. The van der Waals surface area contributed by atoms with Crippen molar-refractivity contribution in [2.45, 2.75) is 40.2 Å². The first-order valence-electron chi connectivity index (χ1n) is 7.60. The molecule has 1 atom stereocenters. The molecule has 3 aromatic heterocycles. The number of fused-ring (bicyclic) bond motifs is 1. The van der Waals surface area contributed by atoms with E-state index in [9.17, 15) is 4.79 Å². The molecule has 1 amide bonds. The van der Waals surface area contributed by atoms with E-state index in [-0.39, 0.29) is 18.4 Å². The molecule has 0 fully saturated rings. The van der Waals surface area contributed by atoms with Crippen molar-refractivity contribution < 1.29 is 4.79 Å². The molecule has 3 aromatic rings. The fourth-order valence-corrected chi connectivity index (χ4v) is 3.69. The number of rotatable bonds is 4. The van der Waals surface area contributed by atoms with E-state index in [2.05, 4.69) is 15.3 Å². The second-order valence-electron chi connectivity index (χ2n) is 5.80. The van der Waals surface area contributed by atoms with E-state index in [1.54, 1.807) is 11.3 Å². The van der Waals surface area contributed by atoms with Crippen molar-refractivity contribution in [2.75, 3.05) is 0 Å². The second kappa shape index (κ2) is 6.12. The van der Waals surface area contributed by atoms with Gasteiger partial charge < -0.3 is 9.72 Å². The number of pyridine rings is 1. The molecule has 3 rings (SSSR count). The Morgan fingerprint density at radius 1 is 1.35 bits per heavy atom. The van der Waals surface area contributed by atoms with Crippen LogP contribution in [0.4, 0.5) is 0 Å².